The average molecular weight is 689 g/mol. The van der Waals surface area contributed by atoms with Crippen molar-refractivity contribution >= 4 is 23.6 Å². The number of rotatable bonds is 12. The molecule has 0 aromatic heterocycles. The Morgan fingerprint density at radius 3 is 2.24 bits per heavy atom. The van der Waals surface area contributed by atoms with E-state index in [0.29, 0.717) is 25.1 Å². The maximum absolute atomic E-state index is 14.1. The predicted molar refractivity (Wildman–Crippen MR) is 186 cm³/mol. The number of primary amides is 1. The second-order valence-electron chi connectivity index (χ2n) is 12.5. The van der Waals surface area contributed by atoms with E-state index < -0.39 is 54.1 Å². The Kier molecular flexibility index (Phi) is 17.6. The molecule has 2 rings (SSSR count). The first-order valence-corrected chi connectivity index (χ1v) is 16.8. The van der Waals surface area contributed by atoms with Crippen molar-refractivity contribution in [3.63, 3.8) is 0 Å². The summed E-state index contributed by atoms with van der Waals surface area (Å²) < 4.78 is 29.0. The molecule has 1 aliphatic heterocycles. The van der Waals surface area contributed by atoms with E-state index in [-0.39, 0.29) is 34.4 Å². The maximum atomic E-state index is 14.1. The third-order valence-electron chi connectivity index (χ3n) is 8.87. The van der Waals surface area contributed by atoms with Gasteiger partial charge in [-0.3, -0.25) is 14.4 Å². The number of allylic oxidation sites excluding steroid dienone is 4. The lowest BCUT2D eigenvalue weighted by molar-refractivity contribution is -0.121. The van der Waals surface area contributed by atoms with Gasteiger partial charge in [0.15, 0.2) is 6.10 Å². The van der Waals surface area contributed by atoms with Gasteiger partial charge in [-0.05, 0) is 51.1 Å². The number of methoxy groups -OCH3 is 4. The zero-order valence-corrected chi connectivity index (χ0v) is 30.2. The standard InChI is InChI=1S/C36H56N4O9/c1-21-14-13-15-27(45-5)33(49-36(38)44)23(3)18-22(2)32(47-7)28(46-6)19-24(4)34(48-8)29-30(39-17-12-10-9-11-16-37)26(41)20-25(31(29)42)40-35(21)43/h13-15,18,20,22,24,27-28,32-34,39H,9-12,16-17,19,37H2,1-8H3,(H2,38,44)(H,40,43)/b15-13-,21-14+,23-18+. The molecule has 13 heteroatoms. The molecule has 1 aliphatic carbocycles. The SMILES string of the molecule is COC1/C=C\C=C(/C)C(=O)NC2=CC(=O)C(NCCCCCCN)=C(C2=O)C(OC)C(C)CC(OC)C(OC)C(C)/C=C(\C)C1OC(N)=O. The summed E-state index contributed by atoms with van der Waals surface area (Å²) in [6, 6.07) is 0. The van der Waals surface area contributed by atoms with Crippen LogP contribution in [0.15, 0.2) is 58.5 Å². The largest absolute Gasteiger partial charge is 0.439 e. The van der Waals surface area contributed by atoms with Crippen molar-refractivity contribution in [2.24, 2.45) is 23.3 Å². The Morgan fingerprint density at radius 1 is 0.959 bits per heavy atom. The van der Waals surface area contributed by atoms with E-state index in [1.807, 2.05) is 19.9 Å². The molecule has 0 saturated carbocycles. The molecule has 0 spiro atoms. The van der Waals surface area contributed by atoms with Crippen LogP contribution in [-0.2, 0) is 38.1 Å². The first-order chi connectivity index (χ1) is 23.3. The molecule has 2 bridgehead atoms. The van der Waals surface area contributed by atoms with Crippen LogP contribution in [0.4, 0.5) is 4.79 Å². The highest BCUT2D eigenvalue weighted by molar-refractivity contribution is 6.24. The van der Waals surface area contributed by atoms with Gasteiger partial charge in [-0.25, -0.2) is 4.79 Å². The molecular formula is C36H56N4O9. The molecule has 2 amide bonds. The van der Waals surface area contributed by atoms with Crippen LogP contribution in [0.3, 0.4) is 0 Å². The Balaban J connectivity index is 2.69. The molecule has 7 atom stereocenters. The maximum Gasteiger partial charge on any atom is 0.405 e. The van der Waals surface area contributed by atoms with Gasteiger partial charge >= 0.3 is 6.09 Å². The highest BCUT2D eigenvalue weighted by atomic mass is 16.6. The summed E-state index contributed by atoms with van der Waals surface area (Å²) in [4.78, 5) is 52.9. The number of fused-ring (bicyclic) bond motifs is 2. The lowest BCUT2D eigenvalue weighted by atomic mass is 9.82. The van der Waals surface area contributed by atoms with Crippen LogP contribution in [-0.4, -0.2) is 95.6 Å². The minimum absolute atomic E-state index is 0.140. The number of Topliss-reactive ketones (excluding diaryl/α,β-unsaturated/α-hetero) is 1. The molecule has 13 nitrogen and oxygen atoms in total. The number of amides is 2. The smallest absolute Gasteiger partial charge is 0.405 e. The Labute approximate surface area is 290 Å². The summed E-state index contributed by atoms with van der Waals surface area (Å²) >= 11 is 0. The number of ether oxygens (including phenoxy) is 5. The summed E-state index contributed by atoms with van der Waals surface area (Å²) in [6.45, 7) is 8.31. The number of carbonyl (C=O) groups is 4. The van der Waals surface area contributed by atoms with Crippen LogP contribution in [0.1, 0.15) is 59.8 Å². The molecule has 7 unspecified atom stereocenters. The zero-order chi connectivity index (χ0) is 36.7. The Morgan fingerprint density at radius 2 is 1.65 bits per heavy atom. The lowest BCUT2D eigenvalue weighted by Gasteiger charge is -2.34. The number of hydrogen-bond acceptors (Lipinski definition) is 11. The zero-order valence-electron chi connectivity index (χ0n) is 30.2. The van der Waals surface area contributed by atoms with Gasteiger partial charge in [0.2, 0.25) is 11.6 Å². The molecule has 0 radical (unpaired) electrons. The van der Waals surface area contributed by atoms with E-state index in [2.05, 4.69) is 10.6 Å². The van der Waals surface area contributed by atoms with Gasteiger partial charge in [0.1, 0.15) is 6.10 Å². The molecule has 0 saturated heterocycles. The van der Waals surface area contributed by atoms with Crippen LogP contribution in [0.2, 0.25) is 0 Å². The monoisotopic (exact) mass is 688 g/mol. The number of unbranched alkanes of at least 4 members (excludes halogenated alkanes) is 3. The quantitative estimate of drug-likeness (QED) is 0.134. The second-order valence-corrected chi connectivity index (χ2v) is 12.5. The summed E-state index contributed by atoms with van der Waals surface area (Å²) in [7, 11) is 6.10. The van der Waals surface area contributed by atoms with Crippen molar-refractivity contribution in [2.45, 2.75) is 90.3 Å². The molecule has 1 heterocycles. The fourth-order valence-electron chi connectivity index (χ4n) is 6.29. The van der Waals surface area contributed by atoms with Crippen molar-refractivity contribution in [2.75, 3.05) is 41.5 Å². The number of carbonyl (C=O) groups excluding carboxylic acids is 4. The first kappa shape index (κ1) is 41.6. The van der Waals surface area contributed by atoms with E-state index in [4.69, 9.17) is 35.2 Å². The molecule has 0 fully saturated rings. The van der Waals surface area contributed by atoms with E-state index in [1.165, 1.54) is 20.3 Å². The first-order valence-electron chi connectivity index (χ1n) is 16.8. The van der Waals surface area contributed by atoms with Crippen LogP contribution in [0.25, 0.3) is 0 Å². The lowest BCUT2D eigenvalue weighted by Crippen LogP contribution is -2.43. The van der Waals surface area contributed by atoms with Crippen molar-refractivity contribution in [3.05, 3.63) is 58.5 Å². The van der Waals surface area contributed by atoms with Crippen molar-refractivity contribution < 1.29 is 42.9 Å². The molecule has 49 heavy (non-hydrogen) atoms. The molecule has 274 valence electrons. The van der Waals surface area contributed by atoms with Gasteiger partial charge < -0.3 is 45.8 Å². The van der Waals surface area contributed by atoms with Gasteiger partial charge in [0.25, 0.3) is 5.91 Å². The van der Waals surface area contributed by atoms with Gasteiger partial charge in [-0.1, -0.05) is 51.0 Å². The molecule has 0 aromatic carbocycles. The van der Waals surface area contributed by atoms with Gasteiger partial charge in [0, 0.05) is 52.6 Å². The minimum atomic E-state index is -0.976. The number of hydrogen-bond donors (Lipinski definition) is 4. The fraction of sp³-hybridized carbons (Fsp3) is 0.611. The topological polar surface area (TPSA) is 191 Å². The van der Waals surface area contributed by atoms with Crippen LogP contribution < -0.4 is 22.1 Å². The Bertz CT molecular complexity index is 1320. The molecule has 0 aromatic rings. The van der Waals surface area contributed by atoms with Crippen molar-refractivity contribution in [1.29, 1.82) is 0 Å². The van der Waals surface area contributed by atoms with Gasteiger partial charge in [0.05, 0.1) is 35.3 Å². The van der Waals surface area contributed by atoms with Crippen LogP contribution >= 0.6 is 0 Å². The highest BCUT2D eigenvalue weighted by Gasteiger charge is 2.39. The Hall–Kier alpha value is -3.62. The van der Waals surface area contributed by atoms with Crippen molar-refractivity contribution in [1.82, 2.24) is 10.6 Å². The highest BCUT2D eigenvalue weighted by Crippen LogP contribution is 2.31. The molecular weight excluding hydrogens is 632 g/mol. The third kappa shape index (κ3) is 11.7. The van der Waals surface area contributed by atoms with E-state index in [0.717, 1.165) is 31.8 Å². The van der Waals surface area contributed by atoms with E-state index in [1.54, 1.807) is 40.2 Å². The van der Waals surface area contributed by atoms with Crippen molar-refractivity contribution in [3.8, 4) is 0 Å². The third-order valence-corrected chi connectivity index (χ3v) is 8.87. The fourth-order valence-corrected chi connectivity index (χ4v) is 6.29. The van der Waals surface area contributed by atoms with Crippen LogP contribution in [0, 0.1) is 11.8 Å². The van der Waals surface area contributed by atoms with E-state index >= 15 is 0 Å². The number of ketones is 2. The number of nitrogens with two attached hydrogens (primary N) is 2. The number of nitrogens with one attached hydrogen (secondary N) is 2. The van der Waals surface area contributed by atoms with Crippen LogP contribution in [0.5, 0.6) is 0 Å². The molecule has 6 N–H and O–H groups in total. The summed E-state index contributed by atoms with van der Waals surface area (Å²) in [5.74, 6) is -2.15. The summed E-state index contributed by atoms with van der Waals surface area (Å²) in [5, 5.41) is 5.82. The van der Waals surface area contributed by atoms with Gasteiger partial charge in [-0.15, -0.1) is 0 Å². The summed E-state index contributed by atoms with van der Waals surface area (Å²) in [6.07, 6.45) is 7.31. The molecule has 2 aliphatic rings. The minimum Gasteiger partial charge on any atom is -0.439 e. The normalized spacial score (nSPS) is 30.4. The second kappa shape index (κ2) is 20.8. The van der Waals surface area contributed by atoms with Gasteiger partial charge in [-0.2, -0.15) is 0 Å². The summed E-state index contributed by atoms with van der Waals surface area (Å²) in [5.41, 5.74) is 12.1. The average Bonchev–Trinajstić information content (AvgIpc) is 3.06. The van der Waals surface area contributed by atoms with E-state index in [9.17, 15) is 19.2 Å². The predicted octanol–water partition coefficient (Wildman–Crippen LogP) is 3.15.